The van der Waals surface area contributed by atoms with Gasteiger partial charge < -0.3 is 15.1 Å². The quantitative estimate of drug-likeness (QED) is 0.846. The van der Waals surface area contributed by atoms with Crippen molar-refractivity contribution in [3.63, 3.8) is 0 Å². The van der Waals surface area contributed by atoms with E-state index in [9.17, 15) is 14.0 Å². The summed E-state index contributed by atoms with van der Waals surface area (Å²) in [6.45, 7) is 4.50. The summed E-state index contributed by atoms with van der Waals surface area (Å²) in [6, 6.07) is 15.0. The number of carbonyl (C=O) groups is 2. The molecule has 0 radical (unpaired) electrons. The summed E-state index contributed by atoms with van der Waals surface area (Å²) in [5.74, 6) is -0.555. The lowest BCUT2D eigenvalue weighted by atomic mass is 10.1. The van der Waals surface area contributed by atoms with Gasteiger partial charge in [0.15, 0.2) is 0 Å². The maximum absolute atomic E-state index is 13.8. The van der Waals surface area contributed by atoms with Crippen LogP contribution < -0.4 is 15.1 Å². The largest absolute Gasteiger partial charge is 0.371 e. The lowest BCUT2D eigenvalue weighted by molar-refractivity contribution is -0.126. The maximum atomic E-state index is 13.8. The highest BCUT2D eigenvalue weighted by molar-refractivity contribution is 6.00. The second-order valence-electron chi connectivity index (χ2n) is 8.02. The van der Waals surface area contributed by atoms with E-state index >= 15 is 0 Å². The van der Waals surface area contributed by atoms with Gasteiger partial charge in [-0.1, -0.05) is 24.3 Å². The molecule has 6 heteroatoms. The van der Waals surface area contributed by atoms with Gasteiger partial charge in [-0.25, -0.2) is 4.39 Å². The van der Waals surface area contributed by atoms with Crippen LogP contribution in [0.5, 0.6) is 0 Å². The van der Waals surface area contributed by atoms with Crippen molar-refractivity contribution in [2.75, 3.05) is 36.0 Å². The van der Waals surface area contributed by atoms with E-state index < -0.39 is 5.92 Å². The summed E-state index contributed by atoms with van der Waals surface area (Å²) in [4.78, 5) is 28.8. The average molecular weight is 395 g/mol. The zero-order valence-corrected chi connectivity index (χ0v) is 16.6. The minimum absolute atomic E-state index is 0.0911. The van der Waals surface area contributed by atoms with Gasteiger partial charge in [0, 0.05) is 44.0 Å². The highest BCUT2D eigenvalue weighted by atomic mass is 19.1. The highest BCUT2D eigenvalue weighted by Gasteiger charge is 2.35. The van der Waals surface area contributed by atoms with E-state index in [1.807, 2.05) is 18.2 Å². The summed E-state index contributed by atoms with van der Waals surface area (Å²) >= 11 is 0. The summed E-state index contributed by atoms with van der Waals surface area (Å²) < 4.78 is 13.8. The molecule has 2 aliphatic rings. The molecule has 29 heavy (non-hydrogen) atoms. The highest BCUT2D eigenvalue weighted by Crippen LogP contribution is 2.27. The Morgan fingerprint density at radius 1 is 1.14 bits per heavy atom. The number of benzene rings is 2. The van der Waals surface area contributed by atoms with Gasteiger partial charge in [-0.2, -0.15) is 0 Å². The molecule has 0 aromatic heterocycles. The first-order chi connectivity index (χ1) is 14.0. The molecule has 2 aromatic rings. The third kappa shape index (κ3) is 4.26. The Morgan fingerprint density at radius 2 is 1.93 bits per heavy atom. The third-order valence-electron chi connectivity index (χ3n) is 5.94. The molecular formula is C23H26FN3O2. The lowest BCUT2D eigenvalue weighted by Gasteiger charge is -2.19. The number of nitrogens with zero attached hydrogens (tertiary/aromatic N) is 2. The number of nitrogens with one attached hydrogen (secondary N) is 1. The summed E-state index contributed by atoms with van der Waals surface area (Å²) in [6.07, 6.45) is 1.20. The number of anilines is 2. The molecule has 4 rings (SSSR count). The number of halogens is 1. The topological polar surface area (TPSA) is 52.7 Å². The summed E-state index contributed by atoms with van der Waals surface area (Å²) in [5.41, 5.74) is 2.27. The van der Waals surface area contributed by atoms with Crippen molar-refractivity contribution in [3.05, 3.63) is 59.9 Å². The van der Waals surface area contributed by atoms with Gasteiger partial charge in [0.25, 0.3) is 0 Å². The predicted molar refractivity (Wildman–Crippen MR) is 111 cm³/mol. The molecule has 5 nitrogen and oxygen atoms in total. The molecule has 0 spiro atoms. The third-order valence-corrected chi connectivity index (χ3v) is 5.94. The molecular weight excluding hydrogens is 369 g/mol. The van der Waals surface area contributed by atoms with Gasteiger partial charge in [-0.05, 0) is 49.1 Å². The Kier molecular flexibility index (Phi) is 5.51. The Hall–Kier alpha value is -2.89. The average Bonchev–Trinajstić information content (AvgIpc) is 3.36. The molecule has 0 unspecified atom stereocenters. The second-order valence-corrected chi connectivity index (χ2v) is 8.02. The van der Waals surface area contributed by atoms with Crippen LogP contribution in [-0.4, -0.2) is 38.0 Å². The number of hydrogen-bond acceptors (Lipinski definition) is 3. The molecule has 2 atom stereocenters. The number of rotatable bonds is 5. The first kappa shape index (κ1) is 19.4. The van der Waals surface area contributed by atoms with Gasteiger partial charge in [0.1, 0.15) is 5.82 Å². The summed E-state index contributed by atoms with van der Waals surface area (Å²) in [7, 11) is 0. The van der Waals surface area contributed by atoms with Gasteiger partial charge in [-0.15, -0.1) is 0 Å². The van der Waals surface area contributed by atoms with Crippen LogP contribution in [0.15, 0.2) is 48.5 Å². The number of carbonyl (C=O) groups excluding carboxylic acids is 2. The molecule has 152 valence electrons. The molecule has 2 amide bonds. The number of hydrogen-bond donors (Lipinski definition) is 1. The van der Waals surface area contributed by atoms with Crippen LogP contribution in [0.3, 0.4) is 0 Å². The second kappa shape index (κ2) is 8.23. The molecule has 2 aliphatic heterocycles. The molecule has 2 heterocycles. The predicted octanol–water partition coefficient (Wildman–Crippen LogP) is 3.13. The zero-order valence-electron chi connectivity index (χ0n) is 16.6. The Morgan fingerprint density at radius 3 is 2.69 bits per heavy atom. The Balaban J connectivity index is 1.29. The van der Waals surface area contributed by atoms with Crippen molar-refractivity contribution in [2.24, 2.45) is 11.8 Å². The molecule has 2 saturated heterocycles. The van der Waals surface area contributed by atoms with Gasteiger partial charge >= 0.3 is 0 Å². The van der Waals surface area contributed by atoms with E-state index in [0.717, 1.165) is 19.5 Å². The molecule has 0 bridgehead atoms. The van der Waals surface area contributed by atoms with Crippen molar-refractivity contribution in [1.29, 1.82) is 0 Å². The van der Waals surface area contributed by atoms with E-state index in [1.54, 1.807) is 19.1 Å². The molecule has 0 aliphatic carbocycles. The van der Waals surface area contributed by atoms with Gasteiger partial charge in [0.2, 0.25) is 11.8 Å². The number of para-hydroxylation sites is 1. The van der Waals surface area contributed by atoms with E-state index in [0.29, 0.717) is 30.3 Å². The van der Waals surface area contributed by atoms with Crippen LogP contribution in [0.4, 0.5) is 15.8 Å². The number of aryl methyl sites for hydroxylation is 1. The fourth-order valence-electron chi connectivity index (χ4n) is 4.14. The summed E-state index contributed by atoms with van der Waals surface area (Å²) in [5, 5.41) is 3.03. The van der Waals surface area contributed by atoms with Crippen LogP contribution in [-0.2, 0) is 9.59 Å². The maximum Gasteiger partial charge on any atom is 0.227 e. The van der Waals surface area contributed by atoms with Crippen LogP contribution >= 0.6 is 0 Å². The van der Waals surface area contributed by atoms with Gasteiger partial charge in [-0.3, -0.25) is 9.59 Å². The van der Waals surface area contributed by atoms with E-state index in [4.69, 9.17) is 0 Å². The van der Waals surface area contributed by atoms with E-state index in [1.165, 1.54) is 16.7 Å². The van der Waals surface area contributed by atoms with Crippen LogP contribution in [0.25, 0.3) is 0 Å². The molecule has 1 N–H and O–H groups in total. The van der Waals surface area contributed by atoms with Gasteiger partial charge in [0.05, 0.1) is 5.92 Å². The first-order valence-corrected chi connectivity index (χ1v) is 10.2. The number of amides is 2. The first-order valence-electron chi connectivity index (χ1n) is 10.2. The van der Waals surface area contributed by atoms with Crippen LogP contribution in [0.1, 0.15) is 18.4 Å². The SMILES string of the molecule is Cc1ccc(N2C[C@@H](C(=O)NC[C@@H]3CCN(c4ccccc4)C3)CC2=O)cc1F. The minimum Gasteiger partial charge on any atom is -0.371 e. The normalized spacial score (nSPS) is 21.7. The van der Waals surface area contributed by atoms with Crippen LogP contribution in [0, 0.1) is 24.6 Å². The zero-order chi connectivity index (χ0) is 20.4. The fourth-order valence-corrected chi connectivity index (χ4v) is 4.14. The van der Waals surface area contributed by atoms with Crippen molar-refractivity contribution in [2.45, 2.75) is 19.8 Å². The molecule has 2 aromatic carbocycles. The smallest absolute Gasteiger partial charge is 0.227 e. The lowest BCUT2D eigenvalue weighted by Crippen LogP contribution is -2.36. The van der Waals surface area contributed by atoms with Crippen molar-refractivity contribution in [1.82, 2.24) is 5.32 Å². The molecule has 2 fully saturated rings. The Bertz CT molecular complexity index is 902. The fraction of sp³-hybridized carbons (Fsp3) is 0.391. The van der Waals surface area contributed by atoms with Crippen molar-refractivity contribution < 1.29 is 14.0 Å². The molecule has 0 saturated carbocycles. The van der Waals surface area contributed by atoms with Crippen LogP contribution in [0.2, 0.25) is 0 Å². The standard InChI is InChI=1S/C23H26FN3O2/c1-16-7-8-20(12-21(16)24)27-15-18(11-22(27)28)23(29)25-13-17-9-10-26(14-17)19-5-3-2-4-6-19/h2-8,12,17-18H,9-11,13-15H2,1H3,(H,25,29)/t17-,18-/m0/s1. The Labute approximate surface area is 170 Å². The van der Waals surface area contributed by atoms with Crippen molar-refractivity contribution in [3.8, 4) is 0 Å². The van der Waals surface area contributed by atoms with Crippen molar-refractivity contribution >= 4 is 23.2 Å². The monoisotopic (exact) mass is 395 g/mol. The minimum atomic E-state index is -0.390. The van der Waals surface area contributed by atoms with E-state index in [-0.39, 0.29) is 24.1 Å². The van der Waals surface area contributed by atoms with E-state index in [2.05, 4.69) is 22.3 Å².